The number of benzene rings is 2. The van der Waals surface area contributed by atoms with E-state index in [4.69, 9.17) is 9.47 Å². The fourth-order valence-electron chi connectivity index (χ4n) is 4.74. The lowest BCUT2D eigenvalue weighted by Gasteiger charge is -2.30. The van der Waals surface area contributed by atoms with E-state index in [1.807, 2.05) is 31.5 Å². The second-order valence-corrected chi connectivity index (χ2v) is 9.72. The molecule has 0 bridgehead atoms. The highest BCUT2D eigenvalue weighted by atomic mass is 19.4. The molecule has 2 aliphatic heterocycles. The molecule has 7 nitrogen and oxygen atoms in total. The number of anilines is 1. The van der Waals surface area contributed by atoms with E-state index >= 15 is 0 Å². The number of halogens is 3. The van der Waals surface area contributed by atoms with Crippen molar-refractivity contribution in [2.45, 2.75) is 50.5 Å². The first-order valence-electron chi connectivity index (χ1n) is 12.8. The fourth-order valence-corrected chi connectivity index (χ4v) is 4.74. The molecule has 5 rings (SSSR count). The Morgan fingerprint density at radius 2 is 2.00 bits per heavy atom. The number of rotatable bonds is 7. The molecule has 39 heavy (non-hydrogen) atoms. The fraction of sp³-hybridized carbons (Fsp3) is 0.345. The molecule has 204 valence electrons. The summed E-state index contributed by atoms with van der Waals surface area (Å²) < 4.78 is 52.6. The Morgan fingerprint density at radius 1 is 1.18 bits per heavy atom. The lowest BCUT2D eigenvalue weighted by Crippen LogP contribution is -2.32. The maximum Gasteiger partial charge on any atom is 0.416 e. The van der Waals surface area contributed by atoms with E-state index in [-0.39, 0.29) is 30.1 Å². The third-order valence-electron chi connectivity index (χ3n) is 6.83. The summed E-state index contributed by atoms with van der Waals surface area (Å²) >= 11 is 0. The smallest absolute Gasteiger partial charge is 0.381 e. The molecule has 3 aromatic rings. The molecule has 0 radical (unpaired) electrons. The Morgan fingerprint density at radius 3 is 2.79 bits per heavy atom. The van der Waals surface area contributed by atoms with E-state index in [0.29, 0.717) is 18.9 Å². The SMILES string of the molecule is Cc1ccc(NC(=O)Cc2cccc(C(F)(F)F)c2)cc1-n1cc(C2C=NC=CC2OC2CCOCC2)cn1. The largest absolute Gasteiger partial charge is 0.416 e. The topological polar surface area (TPSA) is 77.7 Å². The third kappa shape index (κ3) is 6.63. The zero-order valence-corrected chi connectivity index (χ0v) is 21.4. The molecule has 2 unspecified atom stereocenters. The quantitative estimate of drug-likeness (QED) is 0.423. The number of aryl methyl sites for hydroxylation is 1. The van der Waals surface area contributed by atoms with E-state index in [0.717, 1.165) is 41.8 Å². The van der Waals surface area contributed by atoms with Crippen LogP contribution in [0.4, 0.5) is 18.9 Å². The minimum absolute atomic E-state index is 0.0951. The van der Waals surface area contributed by atoms with Gasteiger partial charge in [0.15, 0.2) is 0 Å². The summed E-state index contributed by atoms with van der Waals surface area (Å²) in [5.41, 5.74) is 2.67. The second kappa shape index (κ2) is 11.5. The van der Waals surface area contributed by atoms with Gasteiger partial charge in [0.05, 0.1) is 42.0 Å². The first-order valence-corrected chi connectivity index (χ1v) is 12.8. The highest BCUT2D eigenvalue weighted by Crippen LogP contribution is 2.30. The molecule has 1 fully saturated rings. The number of carbonyl (C=O) groups is 1. The molecule has 2 aliphatic rings. The summed E-state index contributed by atoms with van der Waals surface area (Å²) in [5.74, 6) is -0.508. The van der Waals surface area contributed by atoms with Gasteiger partial charge < -0.3 is 14.8 Å². The van der Waals surface area contributed by atoms with Crippen LogP contribution in [-0.4, -0.2) is 47.3 Å². The van der Waals surface area contributed by atoms with Gasteiger partial charge in [-0.2, -0.15) is 18.3 Å². The number of ether oxygens (including phenoxy) is 2. The molecule has 1 saturated heterocycles. The molecule has 10 heteroatoms. The molecule has 1 aromatic heterocycles. The second-order valence-electron chi connectivity index (χ2n) is 9.72. The number of alkyl halides is 3. The van der Waals surface area contributed by atoms with Gasteiger partial charge >= 0.3 is 6.18 Å². The van der Waals surface area contributed by atoms with Gasteiger partial charge in [0.2, 0.25) is 5.91 Å². The predicted octanol–water partition coefficient (Wildman–Crippen LogP) is 5.63. The average molecular weight is 539 g/mol. The van der Waals surface area contributed by atoms with Crippen LogP contribution in [-0.2, 0) is 26.9 Å². The molecule has 0 saturated carbocycles. The third-order valence-corrected chi connectivity index (χ3v) is 6.83. The summed E-state index contributed by atoms with van der Waals surface area (Å²) in [7, 11) is 0. The summed E-state index contributed by atoms with van der Waals surface area (Å²) in [4.78, 5) is 16.9. The van der Waals surface area contributed by atoms with Crippen molar-refractivity contribution in [3.8, 4) is 5.69 Å². The minimum atomic E-state index is -4.46. The van der Waals surface area contributed by atoms with Crippen LogP contribution in [0.15, 0.2) is 72.1 Å². The zero-order chi connectivity index (χ0) is 27.4. The summed E-state index contributed by atoms with van der Waals surface area (Å²) in [5, 5.41) is 7.35. The van der Waals surface area contributed by atoms with Gasteiger partial charge in [0, 0.05) is 43.1 Å². The van der Waals surface area contributed by atoms with Crippen molar-refractivity contribution < 1.29 is 27.4 Å². The number of hydrogen-bond acceptors (Lipinski definition) is 5. The van der Waals surface area contributed by atoms with Crippen LogP contribution in [0.25, 0.3) is 5.69 Å². The van der Waals surface area contributed by atoms with Gasteiger partial charge in [-0.1, -0.05) is 24.3 Å². The Kier molecular flexibility index (Phi) is 7.94. The van der Waals surface area contributed by atoms with E-state index < -0.39 is 17.6 Å². The van der Waals surface area contributed by atoms with Crippen LogP contribution >= 0.6 is 0 Å². The maximum absolute atomic E-state index is 13.0. The number of aliphatic imine (C=N–C) groups is 1. The van der Waals surface area contributed by atoms with Gasteiger partial charge in [-0.3, -0.25) is 9.79 Å². The highest BCUT2D eigenvalue weighted by molar-refractivity contribution is 5.92. The van der Waals surface area contributed by atoms with Crippen molar-refractivity contribution >= 4 is 17.8 Å². The van der Waals surface area contributed by atoms with Crippen LogP contribution in [0.2, 0.25) is 0 Å². The molecule has 2 atom stereocenters. The van der Waals surface area contributed by atoms with E-state index in [1.54, 1.807) is 29.2 Å². The zero-order valence-electron chi connectivity index (χ0n) is 21.4. The normalized spacial score (nSPS) is 19.8. The summed E-state index contributed by atoms with van der Waals surface area (Å²) in [6.07, 6.45) is 6.34. The van der Waals surface area contributed by atoms with Gasteiger partial charge in [-0.25, -0.2) is 4.68 Å². The van der Waals surface area contributed by atoms with E-state index in [9.17, 15) is 18.0 Å². The van der Waals surface area contributed by atoms with E-state index in [1.165, 1.54) is 12.1 Å². The van der Waals surface area contributed by atoms with Crippen molar-refractivity contribution in [2.75, 3.05) is 18.5 Å². The number of carbonyl (C=O) groups excluding carboxylic acids is 1. The Balaban J connectivity index is 1.29. The van der Waals surface area contributed by atoms with Crippen molar-refractivity contribution in [1.82, 2.24) is 9.78 Å². The molecule has 3 heterocycles. The first-order chi connectivity index (χ1) is 18.8. The number of nitrogens with one attached hydrogen (secondary N) is 1. The highest BCUT2D eigenvalue weighted by Gasteiger charge is 2.30. The summed E-state index contributed by atoms with van der Waals surface area (Å²) in [6, 6.07) is 10.2. The van der Waals surface area contributed by atoms with Gasteiger partial charge in [-0.15, -0.1) is 0 Å². The van der Waals surface area contributed by atoms with Crippen LogP contribution in [0.1, 0.15) is 41.0 Å². The predicted molar refractivity (Wildman–Crippen MR) is 141 cm³/mol. The lowest BCUT2D eigenvalue weighted by atomic mass is 9.95. The lowest BCUT2D eigenvalue weighted by molar-refractivity contribution is -0.137. The molecular weight excluding hydrogens is 509 g/mol. The monoisotopic (exact) mass is 538 g/mol. The Hall–Kier alpha value is -3.76. The van der Waals surface area contributed by atoms with Gasteiger partial charge in [0.1, 0.15) is 0 Å². The number of aromatic nitrogens is 2. The van der Waals surface area contributed by atoms with Gasteiger partial charge in [-0.05, 0) is 55.2 Å². The first kappa shape index (κ1) is 26.8. The molecule has 1 amide bonds. The molecule has 0 spiro atoms. The van der Waals surface area contributed by atoms with Gasteiger partial charge in [0.25, 0.3) is 0 Å². The van der Waals surface area contributed by atoms with Crippen molar-refractivity contribution in [3.05, 3.63) is 89.4 Å². The maximum atomic E-state index is 13.0. The average Bonchev–Trinajstić information content (AvgIpc) is 3.40. The van der Waals surface area contributed by atoms with E-state index in [2.05, 4.69) is 15.4 Å². The van der Waals surface area contributed by atoms with Crippen molar-refractivity contribution in [3.63, 3.8) is 0 Å². The number of hydrogen-bond donors (Lipinski definition) is 1. The molecule has 1 N–H and O–H groups in total. The number of amides is 1. The van der Waals surface area contributed by atoms with Crippen LogP contribution < -0.4 is 5.32 Å². The van der Waals surface area contributed by atoms with Crippen LogP contribution in [0.3, 0.4) is 0 Å². The number of nitrogens with zero attached hydrogens (tertiary/aromatic N) is 3. The van der Waals surface area contributed by atoms with Crippen molar-refractivity contribution in [2.24, 2.45) is 4.99 Å². The molecular formula is C29H29F3N4O3. The minimum Gasteiger partial charge on any atom is -0.381 e. The van der Waals surface area contributed by atoms with Crippen LogP contribution in [0, 0.1) is 6.92 Å². The Bertz CT molecular complexity index is 1380. The van der Waals surface area contributed by atoms with Crippen LogP contribution in [0.5, 0.6) is 0 Å². The van der Waals surface area contributed by atoms with Crippen molar-refractivity contribution in [1.29, 1.82) is 0 Å². The summed E-state index contributed by atoms with van der Waals surface area (Å²) in [6.45, 7) is 3.33. The Labute approximate surface area is 224 Å². The molecule has 2 aromatic carbocycles. The molecule has 0 aliphatic carbocycles. The standard InChI is InChI=1S/C29H29F3N4O3/c1-19-5-6-23(35-28(37)14-20-3-2-4-22(13-20)29(30,31)32)15-26(19)36-18-21(16-34-36)25-17-33-10-7-27(25)39-24-8-11-38-12-9-24/h2-7,10,13,15-18,24-25,27H,8-9,11-12,14H2,1H3,(H,35,37).